The van der Waals surface area contributed by atoms with E-state index in [0.29, 0.717) is 11.4 Å². The van der Waals surface area contributed by atoms with Gasteiger partial charge >= 0.3 is 0 Å². The second-order valence-electron chi connectivity index (χ2n) is 3.19. The highest BCUT2D eigenvalue weighted by molar-refractivity contribution is 5.65. The van der Waals surface area contributed by atoms with E-state index < -0.39 is 5.95 Å². The number of aromatic nitrogens is 1. The number of rotatable bonds is 3. The SMILES string of the molecule is COc1ccccc1Nc1ccnc(F)c1. The fraction of sp³-hybridized carbons (Fsp3) is 0.0833. The summed E-state index contributed by atoms with van der Waals surface area (Å²) in [5, 5.41) is 3.06. The van der Waals surface area contributed by atoms with Gasteiger partial charge in [-0.2, -0.15) is 4.39 Å². The van der Waals surface area contributed by atoms with E-state index >= 15 is 0 Å². The molecule has 0 aliphatic rings. The molecule has 82 valence electrons. The third kappa shape index (κ3) is 2.28. The van der Waals surface area contributed by atoms with Crippen molar-refractivity contribution in [2.24, 2.45) is 0 Å². The van der Waals surface area contributed by atoms with Crippen molar-refractivity contribution >= 4 is 11.4 Å². The molecule has 0 unspecified atom stereocenters. The molecule has 2 aromatic rings. The lowest BCUT2D eigenvalue weighted by Crippen LogP contribution is -1.95. The molecule has 0 radical (unpaired) electrons. The first kappa shape index (κ1) is 10.4. The summed E-state index contributed by atoms with van der Waals surface area (Å²) >= 11 is 0. The van der Waals surface area contributed by atoms with Gasteiger partial charge in [-0.15, -0.1) is 0 Å². The lowest BCUT2D eigenvalue weighted by Gasteiger charge is -2.10. The van der Waals surface area contributed by atoms with Crippen molar-refractivity contribution in [2.45, 2.75) is 0 Å². The Bertz CT molecular complexity index is 488. The molecular weight excluding hydrogens is 207 g/mol. The molecule has 1 aromatic heterocycles. The molecule has 0 aliphatic carbocycles. The van der Waals surface area contributed by atoms with E-state index in [0.717, 1.165) is 5.69 Å². The first-order valence-electron chi connectivity index (χ1n) is 4.81. The number of para-hydroxylation sites is 2. The molecule has 3 nitrogen and oxygen atoms in total. The van der Waals surface area contributed by atoms with Crippen molar-refractivity contribution in [3.05, 3.63) is 48.5 Å². The maximum Gasteiger partial charge on any atom is 0.214 e. The summed E-state index contributed by atoms with van der Waals surface area (Å²) in [5.74, 6) is 0.194. The lowest BCUT2D eigenvalue weighted by atomic mass is 10.2. The fourth-order valence-corrected chi connectivity index (χ4v) is 1.38. The summed E-state index contributed by atoms with van der Waals surface area (Å²) < 4.78 is 18.0. The van der Waals surface area contributed by atoms with E-state index in [1.165, 1.54) is 12.3 Å². The molecule has 0 amide bonds. The number of halogens is 1. The van der Waals surface area contributed by atoms with Crippen LogP contribution in [-0.2, 0) is 0 Å². The zero-order chi connectivity index (χ0) is 11.4. The molecule has 0 atom stereocenters. The Labute approximate surface area is 92.9 Å². The third-order valence-corrected chi connectivity index (χ3v) is 2.11. The number of hydrogen-bond donors (Lipinski definition) is 1. The molecule has 1 heterocycles. The molecule has 0 aliphatic heterocycles. The van der Waals surface area contributed by atoms with Crippen molar-refractivity contribution in [2.75, 3.05) is 12.4 Å². The molecule has 2 rings (SSSR count). The Morgan fingerprint density at radius 1 is 1.25 bits per heavy atom. The lowest BCUT2D eigenvalue weighted by molar-refractivity contribution is 0.417. The summed E-state index contributed by atoms with van der Waals surface area (Å²) in [4.78, 5) is 3.49. The number of benzene rings is 1. The number of pyridine rings is 1. The number of methoxy groups -OCH3 is 1. The number of nitrogens with zero attached hydrogens (tertiary/aromatic N) is 1. The van der Waals surface area contributed by atoms with Crippen LogP contribution in [0.3, 0.4) is 0 Å². The Kier molecular flexibility index (Phi) is 3.00. The average Bonchev–Trinajstić information content (AvgIpc) is 2.30. The van der Waals surface area contributed by atoms with Crippen LogP contribution in [-0.4, -0.2) is 12.1 Å². The minimum atomic E-state index is -0.514. The quantitative estimate of drug-likeness (QED) is 0.804. The van der Waals surface area contributed by atoms with Gasteiger partial charge in [0.15, 0.2) is 0 Å². The Morgan fingerprint density at radius 2 is 2.06 bits per heavy atom. The molecule has 0 saturated heterocycles. The van der Waals surface area contributed by atoms with Gasteiger partial charge in [0.05, 0.1) is 12.8 Å². The molecule has 0 fully saturated rings. The van der Waals surface area contributed by atoms with Crippen LogP contribution in [0.2, 0.25) is 0 Å². The minimum absolute atomic E-state index is 0.514. The Hall–Kier alpha value is -2.10. The van der Waals surface area contributed by atoms with Gasteiger partial charge in [-0.05, 0) is 18.2 Å². The molecule has 1 aromatic carbocycles. The maximum absolute atomic E-state index is 12.9. The van der Waals surface area contributed by atoms with Crippen LogP contribution in [0.25, 0.3) is 0 Å². The van der Waals surface area contributed by atoms with E-state index in [9.17, 15) is 4.39 Å². The molecule has 0 saturated carbocycles. The van der Waals surface area contributed by atoms with E-state index in [4.69, 9.17) is 4.74 Å². The van der Waals surface area contributed by atoms with E-state index in [1.54, 1.807) is 13.2 Å². The highest BCUT2D eigenvalue weighted by Gasteiger charge is 2.02. The van der Waals surface area contributed by atoms with E-state index in [-0.39, 0.29) is 0 Å². The molecule has 0 bridgehead atoms. The maximum atomic E-state index is 12.9. The summed E-state index contributed by atoms with van der Waals surface area (Å²) in [6, 6.07) is 10.5. The highest BCUT2D eigenvalue weighted by Crippen LogP contribution is 2.26. The molecular formula is C12H11FN2O. The van der Waals surface area contributed by atoms with Crippen molar-refractivity contribution in [1.29, 1.82) is 0 Å². The van der Waals surface area contributed by atoms with E-state index in [1.807, 2.05) is 24.3 Å². The Balaban J connectivity index is 2.26. The standard InChI is InChI=1S/C12H11FN2O/c1-16-11-5-3-2-4-10(11)15-9-6-7-14-12(13)8-9/h2-8H,1H3,(H,14,15). The van der Waals surface area contributed by atoms with Crippen LogP contribution in [0.4, 0.5) is 15.8 Å². The van der Waals surface area contributed by atoms with Crippen LogP contribution in [0.1, 0.15) is 0 Å². The van der Waals surface area contributed by atoms with Gasteiger partial charge in [0.2, 0.25) is 5.95 Å². The summed E-state index contributed by atoms with van der Waals surface area (Å²) in [5.41, 5.74) is 1.42. The molecule has 4 heteroatoms. The normalized spacial score (nSPS) is 9.88. The summed E-state index contributed by atoms with van der Waals surface area (Å²) in [6.45, 7) is 0. The van der Waals surface area contributed by atoms with Crippen molar-refractivity contribution in [1.82, 2.24) is 4.98 Å². The van der Waals surface area contributed by atoms with Gasteiger partial charge < -0.3 is 10.1 Å². The first-order valence-corrected chi connectivity index (χ1v) is 4.81. The molecule has 16 heavy (non-hydrogen) atoms. The second kappa shape index (κ2) is 4.61. The smallest absolute Gasteiger partial charge is 0.214 e. The fourth-order valence-electron chi connectivity index (χ4n) is 1.38. The second-order valence-corrected chi connectivity index (χ2v) is 3.19. The summed E-state index contributed by atoms with van der Waals surface area (Å²) in [6.07, 6.45) is 1.41. The summed E-state index contributed by atoms with van der Waals surface area (Å²) in [7, 11) is 1.59. The van der Waals surface area contributed by atoms with Crippen LogP contribution >= 0.6 is 0 Å². The zero-order valence-corrected chi connectivity index (χ0v) is 8.77. The van der Waals surface area contributed by atoms with Gasteiger partial charge in [0.25, 0.3) is 0 Å². The number of nitrogens with one attached hydrogen (secondary N) is 1. The number of anilines is 2. The van der Waals surface area contributed by atoms with Crippen LogP contribution < -0.4 is 10.1 Å². The predicted octanol–water partition coefficient (Wildman–Crippen LogP) is 2.97. The van der Waals surface area contributed by atoms with Crippen LogP contribution in [0.15, 0.2) is 42.6 Å². The van der Waals surface area contributed by atoms with Crippen LogP contribution in [0.5, 0.6) is 5.75 Å². The molecule has 0 spiro atoms. The van der Waals surface area contributed by atoms with Crippen molar-refractivity contribution < 1.29 is 9.13 Å². The highest BCUT2D eigenvalue weighted by atomic mass is 19.1. The third-order valence-electron chi connectivity index (χ3n) is 2.11. The predicted molar refractivity (Wildman–Crippen MR) is 60.5 cm³/mol. The Morgan fingerprint density at radius 3 is 2.81 bits per heavy atom. The van der Waals surface area contributed by atoms with Crippen molar-refractivity contribution in [3.8, 4) is 5.75 Å². The monoisotopic (exact) mass is 218 g/mol. The van der Waals surface area contributed by atoms with Crippen LogP contribution in [0, 0.1) is 5.95 Å². The van der Waals surface area contributed by atoms with Gasteiger partial charge in [-0.3, -0.25) is 0 Å². The molecule has 1 N–H and O–H groups in total. The first-order chi connectivity index (χ1) is 7.79. The topological polar surface area (TPSA) is 34.1 Å². The van der Waals surface area contributed by atoms with Gasteiger partial charge in [0, 0.05) is 18.0 Å². The average molecular weight is 218 g/mol. The largest absolute Gasteiger partial charge is 0.495 e. The minimum Gasteiger partial charge on any atom is -0.495 e. The van der Waals surface area contributed by atoms with Gasteiger partial charge in [-0.1, -0.05) is 12.1 Å². The van der Waals surface area contributed by atoms with Gasteiger partial charge in [-0.25, -0.2) is 4.98 Å². The van der Waals surface area contributed by atoms with E-state index in [2.05, 4.69) is 10.3 Å². The van der Waals surface area contributed by atoms with Gasteiger partial charge in [0.1, 0.15) is 5.75 Å². The van der Waals surface area contributed by atoms with Crippen molar-refractivity contribution in [3.63, 3.8) is 0 Å². The number of ether oxygens (including phenoxy) is 1. The zero-order valence-electron chi connectivity index (χ0n) is 8.77. The number of hydrogen-bond acceptors (Lipinski definition) is 3.